The van der Waals surface area contributed by atoms with Crippen molar-refractivity contribution in [3.63, 3.8) is 0 Å². The molecule has 0 saturated carbocycles. The molecule has 0 aliphatic heterocycles. The van der Waals surface area contributed by atoms with Crippen molar-refractivity contribution in [3.8, 4) is 17.4 Å². The van der Waals surface area contributed by atoms with Crippen molar-refractivity contribution in [1.82, 2.24) is 4.98 Å². The van der Waals surface area contributed by atoms with E-state index in [-0.39, 0.29) is 0 Å². The average Bonchev–Trinajstić information content (AvgIpc) is 2.48. The molecule has 0 spiro atoms. The van der Waals surface area contributed by atoms with Crippen LogP contribution < -0.4 is 15.2 Å². The molecule has 100 valence electrons. The number of aromatic nitrogens is 1. The molecular formula is C16H14N2O2. The second-order valence-electron chi connectivity index (χ2n) is 4.38. The Kier molecular flexibility index (Phi) is 3.13. The van der Waals surface area contributed by atoms with Gasteiger partial charge in [-0.25, -0.2) is 4.98 Å². The van der Waals surface area contributed by atoms with Gasteiger partial charge in [-0.2, -0.15) is 0 Å². The van der Waals surface area contributed by atoms with E-state index in [1.165, 1.54) is 0 Å². The van der Waals surface area contributed by atoms with Gasteiger partial charge in [0.25, 0.3) is 0 Å². The van der Waals surface area contributed by atoms with Crippen LogP contribution >= 0.6 is 0 Å². The lowest BCUT2D eigenvalue weighted by atomic mass is 10.2. The summed E-state index contributed by atoms with van der Waals surface area (Å²) >= 11 is 0. The molecule has 0 atom stereocenters. The third kappa shape index (κ3) is 2.49. The molecule has 4 nitrogen and oxygen atoms in total. The standard InChI is InChI=1S/C16H14N2O2/c1-19-13-4-6-14(7-5-13)20-16-9-2-11-10-12(17)3-8-15(11)18-16/h2-10H,17H2,1H3. The summed E-state index contributed by atoms with van der Waals surface area (Å²) in [7, 11) is 1.63. The van der Waals surface area contributed by atoms with Gasteiger partial charge in [0.1, 0.15) is 11.5 Å². The molecule has 0 radical (unpaired) electrons. The molecule has 2 N–H and O–H groups in total. The number of nitrogens with zero attached hydrogens (tertiary/aromatic N) is 1. The Bertz CT molecular complexity index is 739. The van der Waals surface area contributed by atoms with Crippen LogP contribution in [0.15, 0.2) is 54.6 Å². The van der Waals surface area contributed by atoms with Crippen LogP contribution in [0.4, 0.5) is 5.69 Å². The summed E-state index contributed by atoms with van der Waals surface area (Å²) in [6.45, 7) is 0. The molecule has 20 heavy (non-hydrogen) atoms. The quantitative estimate of drug-likeness (QED) is 0.736. The van der Waals surface area contributed by atoms with Crippen molar-refractivity contribution in [2.45, 2.75) is 0 Å². The van der Waals surface area contributed by atoms with Crippen LogP contribution in [0.25, 0.3) is 10.9 Å². The van der Waals surface area contributed by atoms with Crippen molar-refractivity contribution >= 4 is 16.6 Å². The van der Waals surface area contributed by atoms with Gasteiger partial charge in [0.2, 0.25) is 5.88 Å². The average molecular weight is 266 g/mol. The zero-order valence-corrected chi connectivity index (χ0v) is 11.0. The zero-order valence-electron chi connectivity index (χ0n) is 11.0. The number of nitrogen functional groups attached to an aromatic ring is 1. The maximum absolute atomic E-state index is 5.74. The van der Waals surface area contributed by atoms with E-state index in [1.54, 1.807) is 7.11 Å². The first-order valence-corrected chi connectivity index (χ1v) is 6.23. The summed E-state index contributed by atoms with van der Waals surface area (Å²) in [4.78, 5) is 4.45. The fourth-order valence-corrected chi connectivity index (χ4v) is 1.95. The van der Waals surface area contributed by atoms with E-state index in [1.807, 2.05) is 54.6 Å². The molecule has 3 rings (SSSR count). The zero-order chi connectivity index (χ0) is 13.9. The van der Waals surface area contributed by atoms with E-state index < -0.39 is 0 Å². The van der Waals surface area contributed by atoms with E-state index in [9.17, 15) is 0 Å². The second-order valence-corrected chi connectivity index (χ2v) is 4.38. The first-order valence-electron chi connectivity index (χ1n) is 6.23. The van der Waals surface area contributed by atoms with Crippen LogP contribution in [0.5, 0.6) is 17.4 Å². The Morgan fingerprint density at radius 2 is 1.65 bits per heavy atom. The molecule has 2 aromatic carbocycles. The largest absolute Gasteiger partial charge is 0.497 e. The Morgan fingerprint density at radius 3 is 2.40 bits per heavy atom. The minimum absolute atomic E-state index is 0.549. The maximum Gasteiger partial charge on any atom is 0.219 e. The minimum atomic E-state index is 0.549. The minimum Gasteiger partial charge on any atom is -0.497 e. The fourth-order valence-electron chi connectivity index (χ4n) is 1.95. The fraction of sp³-hybridized carbons (Fsp3) is 0.0625. The highest BCUT2D eigenvalue weighted by molar-refractivity contribution is 5.82. The molecule has 0 aliphatic rings. The molecular weight excluding hydrogens is 252 g/mol. The predicted molar refractivity (Wildman–Crippen MR) is 79.2 cm³/mol. The van der Waals surface area contributed by atoms with Crippen molar-refractivity contribution in [2.24, 2.45) is 0 Å². The molecule has 0 bridgehead atoms. The van der Waals surface area contributed by atoms with Gasteiger partial charge < -0.3 is 15.2 Å². The lowest BCUT2D eigenvalue weighted by Gasteiger charge is -2.07. The van der Waals surface area contributed by atoms with E-state index in [0.717, 1.165) is 22.3 Å². The number of methoxy groups -OCH3 is 1. The Balaban J connectivity index is 1.88. The van der Waals surface area contributed by atoms with Crippen LogP contribution in [0.2, 0.25) is 0 Å². The van der Waals surface area contributed by atoms with Crippen LogP contribution in [0, 0.1) is 0 Å². The van der Waals surface area contributed by atoms with Crippen molar-refractivity contribution < 1.29 is 9.47 Å². The first kappa shape index (κ1) is 12.3. The summed E-state index contributed by atoms with van der Waals surface area (Å²) in [6.07, 6.45) is 0. The number of anilines is 1. The third-order valence-corrected chi connectivity index (χ3v) is 2.97. The van der Waals surface area contributed by atoms with Crippen LogP contribution in [0.1, 0.15) is 0 Å². The first-order chi connectivity index (χ1) is 9.74. The van der Waals surface area contributed by atoms with Crippen molar-refractivity contribution in [3.05, 3.63) is 54.6 Å². The molecule has 0 aliphatic carbocycles. The highest BCUT2D eigenvalue weighted by atomic mass is 16.5. The van der Waals surface area contributed by atoms with E-state index in [0.29, 0.717) is 11.6 Å². The molecule has 0 unspecified atom stereocenters. The van der Waals surface area contributed by atoms with E-state index in [2.05, 4.69) is 4.98 Å². The van der Waals surface area contributed by atoms with Gasteiger partial charge in [-0.3, -0.25) is 0 Å². The second kappa shape index (κ2) is 5.09. The highest BCUT2D eigenvalue weighted by Crippen LogP contribution is 2.25. The summed E-state index contributed by atoms with van der Waals surface area (Å²) < 4.78 is 10.8. The monoisotopic (exact) mass is 266 g/mol. The molecule has 0 fully saturated rings. The highest BCUT2D eigenvalue weighted by Gasteiger charge is 2.02. The summed E-state index contributed by atoms with van der Waals surface area (Å²) in [5.74, 6) is 2.06. The van der Waals surface area contributed by atoms with Crippen LogP contribution in [0.3, 0.4) is 0 Å². The number of hydrogen-bond donors (Lipinski definition) is 1. The third-order valence-electron chi connectivity index (χ3n) is 2.97. The molecule has 0 saturated heterocycles. The molecule has 1 aromatic heterocycles. The maximum atomic E-state index is 5.74. The number of nitrogens with two attached hydrogens (primary N) is 1. The molecule has 1 heterocycles. The van der Waals surface area contributed by atoms with Crippen molar-refractivity contribution in [2.75, 3.05) is 12.8 Å². The van der Waals surface area contributed by atoms with Crippen LogP contribution in [-0.2, 0) is 0 Å². The lowest BCUT2D eigenvalue weighted by molar-refractivity contribution is 0.412. The van der Waals surface area contributed by atoms with Gasteiger partial charge in [-0.1, -0.05) is 0 Å². The number of benzene rings is 2. The smallest absolute Gasteiger partial charge is 0.219 e. The van der Waals surface area contributed by atoms with Gasteiger partial charge in [-0.05, 0) is 48.5 Å². The molecule has 0 amide bonds. The van der Waals surface area contributed by atoms with Gasteiger partial charge in [0.05, 0.1) is 12.6 Å². The van der Waals surface area contributed by atoms with Gasteiger partial charge in [0, 0.05) is 17.1 Å². The van der Waals surface area contributed by atoms with E-state index >= 15 is 0 Å². The Morgan fingerprint density at radius 1 is 0.900 bits per heavy atom. The Hall–Kier alpha value is -2.75. The van der Waals surface area contributed by atoms with Crippen LogP contribution in [-0.4, -0.2) is 12.1 Å². The summed E-state index contributed by atoms with van der Waals surface area (Å²) in [5.41, 5.74) is 7.32. The normalized spacial score (nSPS) is 10.4. The topological polar surface area (TPSA) is 57.4 Å². The molecule has 4 heteroatoms. The number of fused-ring (bicyclic) bond motifs is 1. The number of ether oxygens (including phenoxy) is 2. The van der Waals surface area contributed by atoms with Crippen molar-refractivity contribution in [1.29, 1.82) is 0 Å². The SMILES string of the molecule is COc1ccc(Oc2ccc3cc(N)ccc3n2)cc1. The predicted octanol–water partition coefficient (Wildman–Crippen LogP) is 3.62. The van der Waals surface area contributed by atoms with E-state index in [4.69, 9.17) is 15.2 Å². The lowest BCUT2D eigenvalue weighted by Crippen LogP contribution is -1.90. The Labute approximate surface area is 116 Å². The van der Waals surface area contributed by atoms with Gasteiger partial charge >= 0.3 is 0 Å². The summed E-state index contributed by atoms with van der Waals surface area (Å²) in [6, 6.07) is 16.7. The van der Waals surface area contributed by atoms with Gasteiger partial charge in [0.15, 0.2) is 0 Å². The number of pyridine rings is 1. The number of hydrogen-bond acceptors (Lipinski definition) is 4. The molecule has 3 aromatic rings. The summed E-state index contributed by atoms with van der Waals surface area (Å²) in [5, 5.41) is 0.993. The number of rotatable bonds is 3. The van der Waals surface area contributed by atoms with Gasteiger partial charge in [-0.15, -0.1) is 0 Å².